The zero-order valence-electron chi connectivity index (χ0n) is 15.3. The van der Waals surface area contributed by atoms with Crippen molar-refractivity contribution in [3.63, 3.8) is 0 Å². The third kappa shape index (κ3) is 4.73. The van der Waals surface area contributed by atoms with Crippen molar-refractivity contribution >= 4 is 17.7 Å². The minimum absolute atomic E-state index is 0.0790. The Morgan fingerprint density at radius 2 is 2.11 bits per heavy atom. The van der Waals surface area contributed by atoms with Crippen LogP contribution in [0.15, 0.2) is 28.0 Å². The second-order valence-electron chi connectivity index (χ2n) is 7.07. The lowest BCUT2D eigenvalue weighted by molar-refractivity contribution is -0.147. The number of carbonyl (C=O) groups is 1. The number of hydrogen-bond donors (Lipinski definition) is 0. The van der Waals surface area contributed by atoms with Crippen molar-refractivity contribution < 1.29 is 18.7 Å². The molecule has 7 nitrogen and oxygen atoms in total. The normalized spacial score (nSPS) is 20.8. The van der Waals surface area contributed by atoms with Crippen LogP contribution in [0.25, 0.3) is 11.6 Å². The molecule has 1 saturated carbocycles. The Balaban J connectivity index is 1.42. The summed E-state index contributed by atoms with van der Waals surface area (Å²) in [6, 6.07) is 3.69. The maximum absolute atomic E-state index is 12.2. The number of esters is 1. The fraction of sp³-hybridized carbons (Fsp3) is 0.632. The van der Waals surface area contributed by atoms with Gasteiger partial charge >= 0.3 is 5.97 Å². The molecule has 1 aliphatic carbocycles. The van der Waals surface area contributed by atoms with Crippen LogP contribution >= 0.6 is 11.8 Å². The van der Waals surface area contributed by atoms with E-state index in [1.807, 2.05) is 16.7 Å². The van der Waals surface area contributed by atoms with Crippen LogP contribution < -0.4 is 0 Å². The molecule has 0 bridgehead atoms. The monoisotopic (exact) mass is 391 g/mol. The predicted octanol–water partition coefficient (Wildman–Crippen LogP) is 3.69. The minimum atomic E-state index is -0.182. The Labute approximate surface area is 162 Å². The molecular formula is C19H25N3O4S. The van der Waals surface area contributed by atoms with E-state index in [1.165, 1.54) is 18.2 Å². The lowest BCUT2D eigenvalue weighted by atomic mass is 9.98. The summed E-state index contributed by atoms with van der Waals surface area (Å²) in [7, 11) is 0. The summed E-state index contributed by atoms with van der Waals surface area (Å²) in [5.74, 6) is 1.38. The molecule has 1 saturated heterocycles. The van der Waals surface area contributed by atoms with E-state index in [4.69, 9.17) is 13.9 Å². The van der Waals surface area contributed by atoms with Crippen LogP contribution in [0.1, 0.15) is 44.9 Å². The Morgan fingerprint density at radius 3 is 2.85 bits per heavy atom. The summed E-state index contributed by atoms with van der Waals surface area (Å²) < 4.78 is 18.9. The van der Waals surface area contributed by atoms with Gasteiger partial charge in [0.15, 0.2) is 10.9 Å². The first-order valence-electron chi connectivity index (χ1n) is 9.70. The molecule has 27 heavy (non-hydrogen) atoms. The van der Waals surface area contributed by atoms with Crippen molar-refractivity contribution in [2.75, 3.05) is 12.4 Å². The van der Waals surface area contributed by atoms with E-state index in [0.717, 1.165) is 45.1 Å². The molecule has 3 heterocycles. The molecule has 1 aliphatic heterocycles. The van der Waals surface area contributed by atoms with Gasteiger partial charge in [0.05, 0.1) is 24.7 Å². The Morgan fingerprint density at radius 1 is 1.22 bits per heavy atom. The highest BCUT2D eigenvalue weighted by Gasteiger charge is 2.24. The van der Waals surface area contributed by atoms with Crippen molar-refractivity contribution in [2.45, 2.75) is 68.9 Å². The second kappa shape index (κ2) is 8.93. The zero-order chi connectivity index (χ0) is 18.5. The van der Waals surface area contributed by atoms with Gasteiger partial charge in [-0.3, -0.25) is 9.36 Å². The highest BCUT2D eigenvalue weighted by molar-refractivity contribution is 7.99. The van der Waals surface area contributed by atoms with Crippen LogP contribution in [0.2, 0.25) is 0 Å². The van der Waals surface area contributed by atoms with Gasteiger partial charge in [-0.2, -0.15) is 0 Å². The van der Waals surface area contributed by atoms with Crippen molar-refractivity contribution in [2.24, 2.45) is 0 Å². The average molecular weight is 391 g/mol. The Hall–Kier alpha value is -1.80. The van der Waals surface area contributed by atoms with Crippen molar-refractivity contribution in [3.8, 4) is 11.6 Å². The largest absolute Gasteiger partial charge is 0.462 e. The number of ether oxygens (including phenoxy) is 2. The van der Waals surface area contributed by atoms with Gasteiger partial charge in [0.25, 0.3) is 0 Å². The highest BCUT2D eigenvalue weighted by Crippen LogP contribution is 2.27. The average Bonchev–Trinajstić information content (AvgIpc) is 3.44. The lowest BCUT2D eigenvalue weighted by Crippen LogP contribution is -2.22. The van der Waals surface area contributed by atoms with E-state index < -0.39 is 0 Å². The maximum atomic E-state index is 12.2. The van der Waals surface area contributed by atoms with Gasteiger partial charge in [-0.05, 0) is 50.7 Å². The number of nitrogens with zero attached hydrogens (tertiary/aromatic N) is 3. The smallest absolute Gasteiger partial charge is 0.316 e. The van der Waals surface area contributed by atoms with Gasteiger partial charge < -0.3 is 13.9 Å². The molecule has 0 unspecified atom stereocenters. The minimum Gasteiger partial charge on any atom is -0.462 e. The van der Waals surface area contributed by atoms with Crippen LogP contribution in [-0.4, -0.2) is 45.3 Å². The molecule has 0 amide bonds. The molecule has 0 aromatic carbocycles. The van der Waals surface area contributed by atoms with Crippen molar-refractivity contribution in [1.82, 2.24) is 14.8 Å². The maximum Gasteiger partial charge on any atom is 0.316 e. The van der Waals surface area contributed by atoms with E-state index in [0.29, 0.717) is 23.3 Å². The van der Waals surface area contributed by atoms with E-state index in [1.54, 1.807) is 6.26 Å². The first-order valence-corrected chi connectivity index (χ1v) is 10.7. The summed E-state index contributed by atoms with van der Waals surface area (Å²) in [4.78, 5) is 12.2. The van der Waals surface area contributed by atoms with E-state index in [-0.39, 0.29) is 23.9 Å². The molecular weight excluding hydrogens is 366 g/mol. The fourth-order valence-corrected chi connectivity index (χ4v) is 4.40. The second-order valence-corrected chi connectivity index (χ2v) is 8.01. The van der Waals surface area contributed by atoms with Gasteiger partial charge in [-0.15, -0.1) is 10.2 Å². The zero-order valence-corrected chi connectivity index (χ0v) is 16.2. The molecule has 2 aromatic rings. The molecule has 8 heteroatoms. The van der Waals surface area contributed by atoms with Crippen LogP contribution in [0.5, 0.6) is 0 Å². The van der Waals surface area contributed by atoms with Crippen molar-refractivity contribution in [1.29, 1.82) is 0 Å². The molecule has 2 fully saturated rings. The molecule has 0 spiro atoms. The topological polar surface area (TPSA) is 79.4 Å². The standard InChI is InChI=1S/C19H25N3O4S/c23-17(26-14-6-2-1-3-7-14)13-27-19-21-20-18(16-9-5-11-25-16)22(19)12-15-8-4-10-24-15/h5,9,11,14-15H,1-4,6-8,10,12-13H2/t15-/m0/s1. The number of aromatic nitrogens is 3. The first kappa shape index (κ1) is 18.6. The summed E-state index contributed by atoms with van der Waals surface area (Å²) in [6.07, 6.45) is 9.42. The molecule has 0 radical (unpaired) electrons. The van der Waals surface area contributed by atoms with E-state index in [9.17, 15) is 4.79 Å². The fourth-order valence-electron chi connectivity index (χ4n) is 3.67. The molecule has 0 N–H and O–H groups in total. The number of rotatable bonds is 7. The van der Waals surface area contributed by atoms with Crippen LogP contribution in [-0.2, 0) is 20.8 Å². The van der Waals surface area contributed by atoms with Crippen LogP contribution in [0.4, 0.5) is 0 Å². The van der Waals surface area contributed by atoms with Crippen molar-refractivity contribution in [3.05, 3.63) is 18.4 Å². The van der Waals surface area contributed by atoms with E-state index in [2.05, 4.69) is 10.2 Å². The number of thioether (sulfide) groups is 1. The van der Waals surface area contributed by atoms with Gasteiger partial charge in [0, 0.05) is 6.61 Å². The Kier molecular flexibility index (Phi) is 6.14. The third-order valence-corrected chi connectivity index (χ3v) is 5.98. The summed E-state index contributed by atoms with van der Waals surface area (Å²) in [6.45, 7) is 1.45. The summed E-state index contributed by atoms with van der Waals surface area (Å²) in [5.41, 5.74) is 0. The first-order chi connectivity index (χ1) is 13.3. The molecule has 2 aromatic heterocycles. The van der Waals surface area contributed by atoms with Gasteiger partial charge in [0.2, 0.25) is 5.82 Å². The van der Waals surface area contributed by atoms with Crippen LogP contribution in [0, 0.1) is 0 Å². The quantitative estimate of drug-likeness (QED) is 0.526. The summed E-state index contributed by atoms with van der Waals surface area (Å²) in [5, 5.41) is 9.26. The lowest BCUT2D eigenvalue weighted by Gasteiger charge is -2.21. The van der Waals surface area contributed by atoms with Gasteiger partial charge in [0.1, 0.15) is 6.10 Å². The molecule has 1 atom stereocenters. The van der Waals surface area contributed by atoms with Crippen LogP contribution in [0.3, 0.4) is 0 Å². The Bertz CT molecular complexity index is 734. The van der Waals surface area contributed by atoms with Gasteiger partial charge in [-0.25, -0.2) is 0 Å². The number of furan rings is 1. The highest BCUT2D eigenvalue weighted by atomic mass is 32.2. The van der Waals surface area contributed by atoms with E-state index >= 15 is 0 Å². The SMILES string of the molecule is O=C(CSc1nnc(-c2ccco2)n1C[C@@H]1CCCO1)OC1CCCCC1. The number of carbonyl (C=O) groups excluding carboxylic acids is 1. The predicted molar refractivity (Wildman–Crippen MR) is 100 cm³/mol. The molecule has 146 valence electrons. The summed E-state index contributed by atoms with van der Waals surface area (Å²) >= 11 is 1.36. The third-order valence-electron chi connectivity index (χ3n) is 5.04. The molecule has 2 aliphatic rings. The molecule has 4 rings (SSSR count). The van der Waals surface area contributed by atoms with Gasteiger partial charge in [-0.1, -0.05) is 18.2 Å². The number of hydrogen-bond acceptors (Lipinski definition) is 7.